The van der Waals surface area contributed by atoms with Crippen LogP contribution in [0.15, 0.2) is 18.2 Å². The van der Waals surface area contributed by atoms with E-state index in [1.165, 1.54) is 18.2 Å². The zero-order valence-corrected chi connectivity index (χ0v) is 10.2. The Bertz CT molecular complexity index is 487. The van der Waals surface area contributed by atoms with Crippen LogP contribution in [0.4, 0.5) is 8.78 Å². The van der Waals surface area contributed by atoms with Crippen molar-refractivity contribution < 1.29 is 18.3 Å². The van der Waals surface area contributed by atoms with Crippen molar-refractivity contribution in [3.05, 3.63) is 34.9 Å². The molecule has 0 amide bonds. The third kappa shape index (κ3) is 3.52. The van der Waals surface area contributed by atoms with Crippen molar-refractivity contribution in [2.45, 2.75) is 26.2 Å². The Morgan fingerprint density at radius 3 is 2.67 bits per heavy atom. The molecule has 0 fully saturated rings. The average Bonchev–Trinajstić information content (AvgIpc) is 2.27. The fraction of sp³-hybridized carbons (Fsp3) is 0.385. The van der Waals surface area contributed by atoms with E-state index in [0.717, 1.165) is 6.92 Å². The number of carbonyl (C=O) groups is 1. The fourth-order valence-corrected chi connectivity index (χ4v) is 1.56. The quantitative estimate of drug-likeness (QED) is 0.775. The highest BCUT2D eigenvalue weighted by molar-refractivity contribution is 5.72. The van der Waals surface area contributed by atoms with Crippen LogP contribution in [0.1, 0.15) is 30.5 Å². The summed E-state index contributed by atoms with van der Waals surface area (Å²) in [6.07, 6.45) is -0.0297. The van der Waals surface area contributed by atoms with E-state index in [4.69, 9.17) is 10.00 Å². The van der Waals surface area contributed by atoms with Crippen LogP contribution in [0.5, 0.6) is 0 Å². The standard InChI is InChI=1S/C13H13F2NO2/c1-3-18-12(17)7-9-4-5-11(13(2,14)15)10(6-9)8-16/h4-6H,3,7H2,1-2H3. The summed E-state index contributed by atoms with van der Waals surface area (Å²) >= 11 is 0. The lowest BCUT2D eigenvalue weighted by atomic mass is 9.99. The van der Waals surface area contributed by atoms with Crippen LogP contribution in [0.3, 0.4) is 0 Å². The van der Waals surface area contributed by atoms with Crippen molar-refractivity contribution in [3.63, 3.8) is 0 Å². The number of nitriles is 1. The van der Waals surface area contributed by atoms with Crippen molar-refractivity contribution in [1.29, 1.82) is 5.26 Å². The number of carbonyl (C=O) groups excluding carboxylic acids is 1. The Balaban J connectivity index is 3.00. The van der Waals surface area contributed by atoms with Crippen LogP contribution in [0.25, 0.3) is 0 Å². The molecule has 3 nitrogen and oxygen atoms in total. The number of benzene rings is 1. The number of alkyl halides is 2. The van der Waals surface area contributed by atoms with Gasteiger partial charge in [0.1, 0.15) is 0 Å². The van der Waals surface area contributed by atoms with Gasteiger partial charge in [0, 0.05) is 12.5 Å². The van der Waals surface area contributed by atoms with Crippen LogP contribution in [-0.2, 0) is 21.9 Å². The molecule has 0 aliphatic rings. The minimum absolute atomic E-state index is 0.0297. The lowest BCUT2D eigenvalue weighted by Gasteiger charge is -2.13. The molecule has 0 N–H and O–H groups in total. The van der Waals surface area contributed by atoms with Crippen LogP contribution < -0.4 is 0 Å². The number of nitrogens with zero attached hydrogens (tertiary/aromatic N) is 1. The fourth-order valence-electron chi connectivity index (χ4n) is 1.56. The number of hydrogen-bond donors (Lipinski definition) is 0. The molecule has 1 aromatic carbocycles. The van der Waals surface area contributed by atoms with Gasteiger partial charge in [-0.1, -0.05) is 12.1 Å². The SMILES string of the molecule is CCOC(=O)Cc1ccc(C(C)(F)F)c(C#N)c1. The summed E-state index contributed by atoms with van der Waals surface area (Å²) in [5.41, 5.74) is 0.0277. The maximum atomic E-state index is 13.2. The van der Waals surface area contributed by atoms with Crippen molar-refractivity contribution in [1.82, 2.24) is 0 Å². The molecule has 0 heterocycles. The minimum atomic E-state index is -3.08. The van der Waals surface area contributed by atoms with Crippen molar-refractivity contribution in [2.75, 3.05) is 6.61 Å². The van der Waals surface area contributed by atoms with Crippen LogP contribution in [0, 0.1) is 11.3 Å². The monoisotopic (exact) mass is 253 g/mol. The number of esters is 1. The summed E-state index contributed by atoms with van der Waals surface area (Å²) in [6.45, 7) is 2.67. The first-order chi connectivity index (χ1) is 8.38. The van der Waals surface area contributed by atoms with E-state index in [0.29, 0.717) is 5.56 Å². The Morgan fingerprint density at radius 1 is 1.50 bits per heavy atom. The number of rotatable bonds is 4. The molecule has 1 aromatic rings. The second-order valence-corrected chi connectivity index (χ2v) is 3.86. The van der Waals surface area contributed by atoms with E-state index in [9.17, 15) is 13.6 Å². The largest absolute Gasteiger partial charge is 0.466 e. The van der Waals surface area contributed by atoms with Gasteiger partial charge in [-0.3, -0.25) is 4.79 Å². The molecule has 0 aliphatic heterocycles. The Kier molecular flexibility index (Phi) is 4.38. The first kappa shape index (κ1) is 14.1. The highest BCUT2D eigenvalue weighted by atomic mass is 19.3. The molecule has 0 aliphatic carbocycles. The first-order valence-electron chi connectivity index (χ1n) is 5.45. The average molecular weight is 253 g/mol. The number of hydrogen-bond acceptors (Lipinski definition) is 3. The van der Waals surface area contributed by atoms with Crippen LogP contribution in [0.2, 0.25) is 0 Å². The first-order valence-corrected chi connectivity index (χ1v) is 5.45. The number of ether oxygens (including phenoxy) is 1. The molecule has 0 saturated carbocycles. The van der Waals surface area contributed by atoms with Gasteiger partial charge >= 0.3 is 5.97 Å². The molecule has 0 spiro atoms. The molecule has 18 heavy (non-hydrogen) atoms. The van der Waals surface area contributed by atoms with Gasteiger partial charge in [-0.15, -0.1) is 0 Å². The summed E-state index contributed by atoms with van der Waals surface area (Å²) < 4.78 is 31.1. The number of halogens is 2. The Labute approximate surface area is 104 Å². The van der Waals surface area contributed by atoms with Gasteiger partial charge in [-0.05, 0) is 18.6 Å². The normalized spacial score (nSPS) is 10.8. The van der Waals surface area contributed by atoms with Gasteiger partial charge < -0.3 is 4.74 Å². The summed E-state index contributed by atoms with van der Waals surface area (Å²) in [7, 11) is 0. The molecule has 0 unspecified atom stereocenters. The lowest BCUT2D eigenvalue weighted by Crippen LogP contribution is -2.11. The van der Waals surface area contributed by atoms with Gasteiger partial charge in [-0.2, -0.15) is 5.26 Å². The maximum Gasteiger partial charge on any atom is 0.310 e. The Hall–Kier alpha value is -1.96. The lowest BCUT2D eigenvalue weighted by molar-refractivity contribution is -0.142. The molecule has 0 saturated heterocycles. The predicted octanol–water partition coefficient (Wildman–Crippen LogP) is 2.78. The van der Waals surface area contributed by atoms with E-state index in [-0.39, 0.29) is 24.2 Å². The van der Waals surface area contributed by atoms with Gasteiger partial charge in [0.25, 0.3) is 5.92 Å². The molecule has 1 rings (SSSR count). The molecule has 5 heteroatoms. The summed E-state index contributed by atoms with van der Waals surface area (Å²) in [4.78, 5) is 11.2. The zero-order valence-electron chi connectivity index (χ0n) is 10.2. The van der Waals surface area contributed by atoms with Crippen molar-refractivity contribution in [3.8, 4) is 6.07 Å². The molecular weight excluding hydrogens is 240 g/mol. The molecule has 0 radical (unpaired) electrons. The van der Waals surface area contributed by atoms with E-state index in [1.54, 1.807) is 13.0 Å². The van der Waals surface area contributed by atoms with Gasteiger partial charge in [0.2, 0.25) is 0 Å². The summed E-state index contributed by atoms with van der Waals surface area (Å²) in [5.74, 6) is -3.52. The highest BCUT2D eigenvalue weighted by Gasteiger charge is 2.27. The van der Waals surface area contributed by atoms with E-state index in [1.807, 2.05) is 0 Å². The van der Waals surface area contributed by atoms with Crippen LogP contribution in [-0.4, -0.2) is 12.6 Å². The van der Waals surface area contributed by atoms with Gasteiger partial charge in [-0.25, -0.2) is 8.78 Å². The van der Waals surface area contributed by atoms with Crippen molar-refractivity contribution in [2.24, 2.45) is 0 Å². The van der Waals surface area contributed by atoms with E-state index < -0.39 is 11.9 Å². The second kappa shape index (κ2) is 5.58. The predicted molar refractivity (Wildman–Crippen MR) is 61.1 cm³/mol. The molecule has 96 valence electrons. The van der Waals surface area contributed by atoms with Gasteiger partial charge in [0.05, 0.1) is 24.7 Å². The topological polar surface area (TPSA) is 50.1 Å². The summed E-state index contributed by atoms with van der Waals surface area (Å²) in [6, 6.07) is 5.59. The van der Waals surface area contributed by atoms with E-state index in [2.05, 4.69) is 0 Å². The third-order valence-electron chi connectivity index (χ3n) is 2.33. The smallest absolute Gasteiger partial charge is 0.310 e. The van der Waals surface area contributed by atoms with Crippen molar-refractivity contribution >= 4 is 5.97 Å². The highest BCUT2D eigenvalue weighted by Crippen LogP contribution is 2.30. The van der Waals surface area contributed by atoms with Crippen LogP contribution >= 0.6 is 0 Å². The van der Waals surface area contributed by atoms with Gasteiger partial charge in [0.15, 0.2) is 0 Å². The van der Waals surface area contributed by atoms with E-state index >= 15 is 0 Å². The molecule has 0 bridgehead atoms. The zero-order chi connectivity index (χ0) is 13.8. The minimum Gasteiger partial charge on any atom is -0.466 e. The Morgan fingerprint density at radius 2 is 2.17 bits per heavy atom. The third-order valence-corrected chi connectivity index (χ3v) is 2.33. The molecule has 0 atom stereocenters. The second-order valence-electron chi connectivity index (χ2n) is 3.86. The molecule has 0 aromatic heterocycles. The summed E-state index contributed by atoms with van der Waals surface area (Å²) in [5, 5.41) is 8.84. The maximum absolute atomic E-state index is 13.2. The molecular formula is C13H13F2NO2.